The zero-order valence-electron chi connectivity index (χ0n) is 11.4. The van der Waals surface area contributed by atoms with Crippen molar-refractivity contribution in [3.05, 3.63) is 40.4 Å². The van der Waals surface area contributed by atoms with Gasteiger partial charge in [0.25, 0.3) is 0 Å². The van der Waals surface area contributed by atoms with Gasteiger partial charge in [0, 0.05) is 29.2 Å². The van der Waals surface area contributed by atoms with Crippen LogP contribution in [0.2, 0.25) is 0 Å². The van der Waals surface area contributed by atoms with Crippen LogP contribution < -0.4 is 5.32 Å². The van der Waals surface area contributed by atoms with Crippen LogP contribution in [0.3, 0.4) is 0 Å². The van der Waals surface area contributed by atoms with Gasteiger partial charge in [0.1, 0.15) is 5.01 Å². The Morgan fingerprint density at radius 1 is 1.22 bits per heavy atom. The maximum Gasteiger partial charge on any atom is 0.123 e. The number of nitrogens with one attached hydrogen (secondary N) is 1. The van der Waals surface area contributed by atoms with E-state index in [-0.39, 0.29) is 0 Å². The molecule has 0 atom stereocenters. The normalized spacial score (nSPS) is 11.2. The molecule has 96 valence electrons. The first-order valence-corrected chi connectivity index (χ1v) is 7.13. The minimum absolute atomic E-state index is 0.511. The molecule has 0 radical (unpaired) electrons. The van der Waals surface area contributed by atoms with Crippen LogP contribution in [0.15, 0.2) is 24.4 Å². The van der Waals surface area contributed by atoms with Crippen molar-refractivity contribution in [1.82, 2.24) is 10.3 Å². The molecule has 0 aliphatic heterocycles. The summed E-state index contributed by atoms with van der Waals surface area (Å²) in [6.07, 6.45) is 1.98. The number of thiazole rings is 1. The Kier molecular flexibility index (Phi) is 4.15. The molecule has 1 aromatic heterocycles. The fraction of sp³-hybridized carbons (Fsp3) is 0.400. The average molecular weight is 260 g/mol. The van der Waals surface area contributed by atoms with Crippen molar-refractivity contribution in [1.29, 1.82) is 0 Å². The van der Waals surface area contributed by atoms with Crippen molar-refractivity contribution in [2.24, 2.45) is 0 Å². The van der Waals surface area contributed by atoms with E-state index in [2.05, 4.69) is 56.2 Å². The van der Waals surface area contributed by atoms with E-state index in [9.17, 15) is 0 Å². The zero-order valence-corrected chi connectivity index (χ0v) is 12.3. The van der Waals surface area contributed by atoms with Crippen LogP contribution in [0.4, 0.5) is 0 Å². The molecule has 18 heavy (non-hydrogen) atoms. The summed E-state index contributed by atoms with van der Waals surface area (Å²) in [7, 11) is 0. The smallest absolute Gasteiger partial charge is 0.123 e. The summed E-state index contributed by atoms with van der Waals surface area (Å²) in [5, 5.41) is 4.53. The summed E-state index contributed by atoms with van der Waals surface area (Å²) < 4.78 is 0. The second kappa shape index (κ2) is 5.63. The maximum atomic E-state index is 4.51. The van der Waals surface area contributed by atoms with E-state index < -0.39 is 0 Å². The molecule has 1 aromatic carbocycles. The minimum atomic E-state index is 0.511. The largest absolute Gasteiger partial charge is 0.310 e. The molecule has 0 aliphatic rings. The molecule has 2 aromatic rings. The molecule has 0 spiro atoms. The molecule has 2 nitrogen and oxygen atoms in total. The standard InChI is InChI=1S/C15H20N2S/c1-10(2)16-8-14-9-17-15(18-14)13-6-5-11(3)12(4)7-13/h5-7,9-10,16H,8H2,1-4H3. The highest BCUT2D eigenvalue weighted by molar-refractivity contribution is 7.15. The van der Waals surface area contributed by atoms with Crippen LogP contribution in [-0.4, -0.2) is 11.0 Å². The topological polar surface area (TPSA) is 24.9 Å². The molecule has 0 saturated carbocycles. The van der Waals surface area contributed by atoms with E-state index in [1.165, 1.54) is 21.6 Å². The van der Waals surface area contributed by atoms with Crippen molar-refractivity contribution in [2.45, 2.75) is 40.3 Å². The number of benzene rings is 1. The van der Waals surface area contributed by atoms with Gasteiger partial charge >= 0.3 is 0 Å². The number of aromatic nitrogens is 1. The molecule has 0 unspecified atom stereocenters. The number of hydrogen-bond donors (Lipinski definition) is 1. The van der Waals surface area contributed by atoms with Gasteiger partial charge in [-0.05, 0) is 31.0 Å². The lowest BCUT2D eigenvalue weighted by molar-refractivity contribution is 0.593. The minimum Gasteiger partial charge on any atom is -0.310 e. The Balaban J connectivity index is 2.16. The summed E-state index contributed by atoms with van der Waals surface area (Å²) in [6.45, 7) is 9.50. The monoisotopic (exact) mass is 260 g/mol. The Hall–Kier alpha value is -1.19. The van der Waals surface area contributed by atoms with E-state index in [0.29, 0.717) is 6.04 Å². The summed E-state index contributed by atoms with van der Waals surface area (Å²) in [6, 6.07) is 7.05. The molecule has 1 N–H and O–H groups in total. The maximum absolute atomic E-state index is 4.51. The summed E-state index contributed by atoms with van der Waals surface area (Å²) in [5.41, 5.74) is 3.88. The summed E-state index contributed by atoms with van der Waals surface area (Å²) in [5.74, 6) is 0. The molecule has 0 bridgehead atoms. The number of aryl methyl sites for hydroxylation is 2. The van der Waals surface area contributed by atoms with Crippen LogP contribution in [0, 0.1) is 13.8 Å². The molecule has 3 heteroatoms. The number of rotatable bonds is 4. The van der Waals surface area contributed by atoms with Crippen LogP contribution >= 0.6 is 11.3 Å². The average Bonchev–Trinajstić information content (AvgIpc) is 2.79. The Labute approximate surface area is 113 Å². The van der Waals surface area contributed by atoms with Gasteiger partial charge in [-0.2, -0.15) is 0 Å². The van der Waals surface area contributed by atoms with Gasteiger partial charge in [0.05, 0.1) is 0 Å². The molecule has 0 saturated heterocycles. The fourth-order valence-corrected chi connectivity index (χ4v) is 2.56. The van der Waals surface area contributed by atoms with Crippen LogP contribution in [0.25, 0.3) is 10.6 Å². The Morgan fingerprint density at radius 3 is 2.67 bits per heavy atom. The Morgan fingerprint density at radius 2 is 2.00 bits per heavy atom. The first-order valence-electron chi connectivity index (χ1n) is 6.32. The fourth-order valence-electron chi connectivity index (χ4n) is 1.70. The lowest BCUT2D eigenvalue weighted by Gasteiger charge is -2.05. The SMILES string of the molecule is Cc1ccc(-c2ncc(CNC(C)C)s2)cc1C. The lowest BCUT2D eigenvalue weighted by atomic mass is 10.1. The first kappa shape index (κ1) is 13.2. The van der Waals surface area contributed by atoms with Crippen molar-refractivity contribution >= 4 is 11.3 Å². The van der Waals surface area contributed by atoms with Gasteiger partial charge in [-0.15, -0.1) is 11.3 Å². The summed E-state index contributed by atoms with van der Waals surface area (Å²) in [4.78, 5) is 5.80. The van der Waals surface area contributed by atoms with Gasteiger partial charge in [0.15, 0.2) is 0 Å². The molecular formula is C15H20N2S. The van der Waals surface area contributed by atoms with E-state index in [4.69, 9.17) is 0 Å². The molecule has 1 heterocycles. The van der Waals surface area contributed by atoms with Crippen molar-refractivity contribution < 1.29 is 0 Å². The highest BCUT2D eigenvalue weighted by atomic mass is 32.1. The van der Waals surface area contributed by atoms with Gasteiger partial charge in [-0.3, -0.25) is 0 Å². The highest BCUT2D eigenvalue weighted by Crippen LogP contribution is 2.26. The predicted molar refractivity (Wildman–Crippen MR) is 79.0 cm³/mol. The third kappa shape index (κ3) is 3.18. The van der Waals surface area contributed by atoms with Crippen LogP contribution in [0.1, 0.15) is 29.9 Å². The second-order valence-electron chi connectivity index (χ2n) is 4.97. The van der Waals surface area contributed by atoms with E-state index in [1.54, 1.807) is 11.3 Å². The molecule has 0 aliphatic carbocycles. The van der Waals surface area contributed by atoms with Crippen LogP contribution in [-0.2, 0) is 6.54 Å². The number of hydrogen-bond acceptors (Lipinski definition) is 3. The van der Waals surface area contributed by atoms with Gasteiger partial charge < -0.3 is 5.32 Å². The van der Waals surface area contributed by atoms with E-state index in [1.807, 2.05) is 6.20 Å². The quantitative estimate of drug-likeness (QED) is 0.901. The molecular weight excluding hydrogens is 240 g/mol. The third-order valence-electron chi connectivity index (χ3n) is 2.99. The lowest BCUT2D eigenvalue weighted by Crippen LogP contribution is -2.21. The van der Waals surface area contributed by atoms with Crippen LogP contribution in [0.5, 0.6) is 0 Å². The van der Waals surface area contributed by atoms with Gasteiger partial charge in [-0.25, -0.2) is 4.98 Å². The zero-order chi connectivity index (χ0) is 13.1. The van der Waals surface area contributed by atoms with Crippen molar-refractivity contribution in [3.8, 4) is 10.6 Å². The summed E-state index contributed by atoms with van der Waals surface area (Å²) >= 11 is 1.77. The van der Waals surface area contributed by atoms with E-state index in [0.717, 1.165) is 11.6 Å². The molecule has 0 amide bonds. The predicted octanol–water partition coefficient (Wildman–Crippen LogP) is 3.92. The van der Waals surface area contributed by atoms with E-state index >= 15 is 0 Å². The van der Waals surface area contributed by atoms with Gasteiger partial charge in [-0.1, -0.05) is 26.0 Å². The second-order valence-corrected chi connectivity index (χ2v) is 6.08. The molecule has 0 fully saturated rings. The first-order chi connectivity index (χ1) is 8.56. The van der Waals surface area contributed by atoms with Crippen molar-refractivity contribution in [3.63, 3.8) is 0 Å². The Bertz CT molecular complexity index is 529. The highest BCUT2D eigenvalue weighted by Gasteiger charge is 2.06. The van der Waals surface area contributed by atoms with Crippen molar-refractivity contribution in [2.75, 3.05) is 0 Å². The third-order valence-corrected chi connectivity index (χ3v) is 4.04. The molecule has 2 rings (SSSR count). The number of nitrogens with zero attached hydrogens (tertiary/aromatic N) is 1. The van der Waals surface area contributed by atoms with Gasteiger partial charge in [0.2, 0.25) is 0 Å².